The number of rotatable bonds is 5. The van der Waals surface area contributed by atoms with Gasteiger partial charge in [0.25, 0.3) is 0 Å². The highest BCUT2D eigenvalue weighted by Crippen LogP contribution is 2.49. The molecular formula is C21H23ClN2O4S. The lowest BCUT2D eigenvalue weighted by atomic mass is 9.95. The van der Waals surface area contributed by atoms with Crippen LogP contribution in [0.5, 0.6) is 0 Å². The number of benzene rings is 2. The zero-order chi connectivity index (χ0) is 20.6. The van der Waals surface area contributed by atoms with Crippen LogP contribution in [0.3, 0.4) is 0 Å². The van der Waals surface area contributed by atoms with E-state index in [-0.39, 0.29) is 10.8 Å². The van der Waals surface area contributed by atoms with Gasteiger partial charge >= 0.3 is 0 Å². The molecule has 4 rings (SSSR count). The number of anilines is 1. The Morgan fingerprint density at radius 2 is 1.76 bits per heavy atom. The van der Waals surface area contributed by atoms with Crippen LogP contribution >= 0.6 is 11.6 Å². The predicted molar refractivity (Wildman–Crippen MR) is 112 cm³/mol. The first kappa shape index (κ1) is 20.3. The third kappa shape index (κ3) is 3.92. The van der Waals surface area contributed by atoms with Crippen LogP contribution in [0.25, 0.3) is 0 Å². The summed E-state index contributed by atoms with van der Waals surface area (Å²) in [6.07, 6.45) is 1.51. The SMILES string of the molecule is Cc1ccc(S(=O)(=O)N2CCOCC2)cc1NC(=O)C1(c2ccc(Cl)cc2)CC1. The van der Waals surface area contributed by atoms with Crippen LogP contribution in [0.4, 0.5) is 5.69 Å². The van der Waals surface area contributed by atoms with Gasteiger partial charge in [-0.05, 0) is 55.2 Å². The molecule has 1 saturated carbocycles. The standard InChI is InChI=1S/C21H23ClN2O4S/c1-15-2-7-18(29(26,27)24-10-12-28-13-11-24)14-19(15)23-20(25)21(8-9-21)16-3-5-17(22)6-4-16/h2-7,14H,8-13H2,1H3,(H,23,25). The van der Waals surface area contributed by atoms with Gasteiger partial charge in [-0.1, -0.05) is 29.8 Å². The van der Waals surface area contributed by atoms with Gasteiger partial charge in [0.1, 0.15) is 0 Å². The molecule has 1 aliphatic carbocycles. The van der Waals surface area contributed by atoms with Gasteiger partial charge < -0.3 is 10.1 Å². The predicted octanol–water partition coefficient (Wildman–Crippen LogP) is 3.34. The number of aryl methyl sites for hydroxylation is 1. The molecule has 1 amide bonds. The van der Waals surface area contributed by atoms with E-state index in [4.69, 9.17) is 16.3 Å². The summed E-state index contributed by atoms with van der Waals surface area (Å²) >= 11 is 5.97. The zero-order valence-electron chi connectivity index (χ0n) is 16.2. The van der Waals surface area contributed by atoms with Crippen molar-refractivity contribution < 1.29 is 17.9 Å². The average molecular weight is 435 g/mol. The molecule has 1 aliphatic heterocycles. The Morgan fingerprint density at radius 3 is 2.38 bits per heavy atom. The molecule has 0 aromatic heterocycles. The van der Waals surface area contributed by atoms with Crippen LogP contribution in [-0.2, 0) is 25.0 Å². The lowest BCUT2D eigenvalue weighted by molar-refractivity contribution is -0.118. The van der Waals surface area contributed by atoms with Crippen LogP contribution < -0.4 is 5.32 Å². The number of hydrogen-bond donors (Lipinski definition) is 1. The molecule has 8 heteroatoms. The maximum Gasteiger partial charge on any atom is 0.243 e. The number of carbonyl (C=O) groups excluding carboxylic acids is 1. The van der Waals surface area contributed by atoms with Crippen LogP contribution in [0.15, 0.2) is 47.4 Å². The molecule has 2 fully saturated rings. The number of amides is 1. The van der Waals surface area contributed by atoms with Crippen molar-refractivity contribution in [2.75, 3.05) is 31.6 Å². The van der Waals surface area contributed by atoms with Gasteiger partial charge in [-0.25, -0.2) is 8.42 Å². The number of hydrogen-bond acceptors (Lipinski definition) is 4. The Hall–Kier alpha value is -1.93. The molecule has 1 heterocycles. The smallest absolute Gasteiger partial charge is 0.243 e. The molecule has 0 atom stereocenters. The van der Waals surface area contributed by atoms with E-state index in [0.29, 0.717) is 37.0 Å². The zero-order valence-corrected chi connectivity index (χ0v) is 17.7. The molecule has 0 spiro atoms. The summed E-state index contributed by atoms with van der Waals surface area (Å²) in [5.74, 6) is -0.121. The van der Waals surface area contributed by atoms with Gasteiger partial charge in [0, 0.05) is 23.8 Å². The van der Waals surface area contributed by atoms with E-state index in [1.165, 1.54) is 4.31 Å². The molecule has 0 bridgehead atoms. The highest BCUT2D eigenvalue weighted by atomic mass is 35.5. The first-order chi connectivity index (χ1) is 13.8. The van der Waals surface area contributed by atoms with E-state index in [1.54, 1.807) is 30.3 Å². The van der Waals surface area contributed by atoms with Crippen molar-refractivity contribution in [3.63, 3.8) is 0 Å². The molecule has 29 heavy (non-hydrogen) atoms. The summed E-state index contributed by atoms with van der Waals surface area (Å²) in [6.45, 7) is 3.29. The number of carbonyl (C=O) groups is 1. The third-order valence-corrected chi connectivity index (χ3v) is 7.79. The van der Waals surface area contributed by atoms with Crippen molar-refractivity contribution in [1.29, 1.82) is 0 Å². The van der Waals surface area contributed by atoms with Crippen LogP contribution in [-0.4, -0.2) is 44.9 Å². The van der Waals surface area contributed by atoms with Gasteiger partial charge in [0.2, 0.25) is 15.9 Å². The quantitative estimate of drug-likeness (QED) is 0.783. The fraction of sp³-hybridized carbons (Fsp3) is 0.381. The fourth-order valence-corrected chi connectivity index (χ4v) is 5.18. The molecular weight excluding hydrogens is 412 g/mol. The average Bonchev–Trinajstić information content (AvgIpc) is 3.53. The Bertz CT molecular complexity index is 1030. The normalized spacial score (nSPS) is 19.0. The Labute approximate surface area is 175 Å². The van der Waals surface area contributed by atoms with Gasteiger partial charge in [0.15, 0.2) is 0 Å². The lowest BCUT2D eigenvalue weighted by Crippen LogP contribution is -2.40. The molecule has 6 nitrogen and oxygen atoms in total. The second kappa shape index (κ2) is 7.72. The van der Waals surface area contributed by atoms with E-state index in [9.17, 15) is 13.2 Å². The largest absolute Gasteiger partial charge is 0.379 e. The molecule has 154 valence electrons. The van der Waals surface area contributed by atoms with Crippen molar-refractivity contribution in [3.8, 4) is 0 Å². The van der Waals surface area contributed by atoms with Crippen molar-refractivity contribution in [2.24, 2.45) is 0 Å². The molecule has 0 unspecified atom stereocenters. The molecule has 2 aromatic rings. The number of morpholine rings is 1. The molecule has 1 saturated heterocycles. The van der Waals surface area contributed by atoms with Crippen LogP contribution in [0.2, 0.25) is 5.02 Å². The van der Waals surface area contributed by atoms with Crippen molar-refractivity contribution in [3.05, 3.63) is 58.6 Å². The van der Waals surface area contributed by atoms with Gasteiger partial charge in [-0.15, -0.1) is 0 Å². The topological polar surface area (TPSA) is 75.7 Å². The van der Waals surface area contributed by atoms with E-state index >= 15 is 0 Å². The highest BCUT2D eigenvalue weighted by molar-refractivity contribution is 7.89. The maximum absolute atomic E-state index is 13.1. The number of nitrogens with one attached hydrogen (secondary N) is 1. The van der Waals surface area contributed by atoms with Crippen LogP contribution in [0, 0.1) is 6.92 Å². The summed E-state index contributed by atoms with van der Waals surface area (Å²) in [7, 11) is -3.63. The number of sulfonamides is 1. The molecule has 1 N–H and O–H groups in total. The van der Waals surface area contributed by atoms with Crippen molar-refractivity contribution in [2.45, 2.75) is 30.1 Å². The fourth-order valence-electron chi connectivity index (χ4n) is 3.61. The minimum atomic E-state index is -3.63. The van der Waals surface area contributed by atoms with E-state index in [1.807, 2.05) is 19.1 Å². The second-order valence-electron chi connectivity index (χ2n) is 7.54. The van der Waals surface area contributed by atoms with Crippen molar-refractivity contribution in [1.82, 2.24) is 4.31 Å². The highest BCUT2D eigenvalue weighted by Gasteiger charge is 2.51. The molecule has 0 radical (unpaired) electrons. The first-order valence-corrected chi connectivity index (χ1v) is 11.4. The van der Waals surface area contributed by atoms with Gasteiger partial charge in [-0.2, -0.15) is 4.31 Å². The Kier molecular flexibility index (Phi) is 5.42. The maximum atomic E-state index is 13.1. The third-order valence-electron chi connectivity index (χ3n) is 5.65. The lowest BCUT2D eigenvalue weighted by Gasteiger charge is -2.26. The summed E-state index contributed by atoms with van der Waals surface area (Å²) in [6, 6.07) is 12.2. The summed E-state index contributed by atoms with van der Waals surface area (Å²) in [5, 5.41) is 3.59. The van der Waals surface area contributed by atoms with E-state index in [2.05, 4.69) is 5.32 Å². The van der Waals surface area contributed by atoms with Crippen molar-refractivity contribution >= 4 is 33.2 Å². The number of ether oxygens (including phenoxy) is 1. The van der Waals surface area contributed by atoms with Gasteiger partial charge in [-0.3, -0.25) is 4.79 Å². The summed E-state index contributed by atoms with van der Waals surface area (Å²) in [5.41, 5.74) is 1.68. The summed E-state index contributed by atoms with van der Waals surface area (Å²) < 4.78 is 32.6. The Morgan fingerprint density at radius 1 is 1.10 bits per heavy atom. The second-order valence-corrected chi connectivity index (χ2v) is 9.91. The monoisotopic (exact) mass is 434 g/mol. The number of halogens is 1. The molecule has 2 aromatic carbocycles. The molecule has 2 aliphatic rings. The first-order valence-electron chi connectivity index (χ1n) is 9.59. The van der Waals surface area contributed by atoms with E-state index in [0.717, 1.165) is 24.0 Å². The van der Waals surface area contributed by atoms with E-state index < -0.39 is 15.4 Å². The van der Waals surface area contributed by atoms with Gasteiger partial charge in [0.05, 0.1) is 23.5 Å². The summed E-state index contributed by atoms with van der Waals surface area (Å²) in [4.78, 5) is 13.3. The van der Waals surface area contributed by atoms with Crippen LogP contribution in [0.1, 0.15) is 24.0 Å². The minimum Gasteiger partial charge on any atom is -0.379 e. The minimum absolute atomic E-state index is 0.121. The Balaban J connectivity index is 1.58. The number of nitrogens with zero attached hydrogens (tertiary/aromatic N) is 1.